The van der Waals surface area contributed by atoms with E-state index < -0.39 is 11.0 Å². The van der Waals surface area contributed by atoms with Crippen molar-refractivity contribution in [2.45, 2.75) is 6.61 Å². The maximum absolute atomic E-state index is 11.5. The molecule has 0 aliphatic heterocycles. The number of rotatable bonds is 5. The quantitative estimate of drug-likeness (QED) is 0.653. The predicted octanol–water partition coefficient (Wildman–Crippen LogP) is 2.85. The van der Waals surface area contributed by atoms with Gasteiger partial charge in [0.25, 0.3) is 5.69 Å². The number of nitrogens with zero attached hydrogens (tertiary/aromatic N) is 1. The number of non-ortho nitro benzene ring substituents is 1. The predicted molar refractivity (Wildman–Crippen MR) is 76.5 cm³/mol. The smallest absolute Gasteiger partial charge is 0.306 e. The van der Waals surface area contributed by atoms with Crippen LogP contribution in [0.1, 0.15) is 5.56 Å². The van der Waals surface area contributed by atoms with Gasteiger partial charge in [0.2, 0.25) is 0 Å². The Balaban J connectivity index is 1.78. The molecule has 0 aliphatic rings. The summed E-state index contributed by atoms with van der Waals surface area (Å²) in [6.45, 7) is 0.245. The molecule has 0 saturated carbocycles. The summed E-state index contributed by atoms with van der Waals surface area (Å²) in [5.41, 5.74) is 3.55. The van der Waals surface area contributed by atoms with Crippen LogP contribution < -0.4 is 10.8 Å². The van der Waals surface area contributed by atoms with Gasteiger partial charge in [-0.15, -0.1) is 0 Å². The molecule has 0 aromatic heterocycles. The van der Waals surface area contributed by atoms with Crippen LogP contribution >= 0.6 is 0 Å². The van der Waals surface area contributed by atoms with Gasteiger partial charge < -0.3 is 5.32 Å². The van der Waals surface area contributed by atoms with Crippen LogP contribution in [-0.2, 0) is 11.4 Å². The van der Waals surface area contributed by atoms with Crippen molar-refractivity contribution < 1.29 is 14.6 Å². The second kappa shape index (κ2) is 7.01. The van der Waals surface area contributed by atoms with E-state index in [1.807, 2.05) is 30.3 Å². The maximum atomic E-state index is 11.5. The van der Waals surface area contributed by atoms with Crippen LogP contribution in [0.5, 0.6) is 0 Å². The van der Waals surface area contributed by atoms with Crippen molar-refractivity contribution in [3.05, 3.63) is 70.3 Å². The zero-order valence-electron chi connectivity index (χ0n) is 11.0. The molecular weight excluding hydrogens is 274 g/mol. The van der Waals surface area contributed by atoms with Crippen molar-refractivity contribution in [3.8, 4) is 0 Å². The monoisotopic (exact) mass is 287 g/mol. The lowest BCUT2D eigenvalue weighted by atomic mass is 10.2. The number of nitro groups is 1. The molecule has 7 heteroatoms. The Bertz CT molecular complexity index is 614. The molecular formula is C14H13N3O4. The van der Waals surface area contributed by atoms with Gasteiger partial charge in [0.15, 0.2) is 0 Å². The Labute approximate surface area is 120 Å². The highest BCUT2D eigenvalue weighted by atomic mass is 16.7. The van der Waals surface area contributed by atoms with E-state index in [0.717, 1.165) is 5.56 Å². The average Bonchev–Trinajstić information content (AvgIpc) is 2.49. The number of hydrogen-bond donors (Lipinski definition) is 2. The van der Waals surface area contributed by atoms with Gasteiger partial charge in [0, 0.05) is 17.8 Å². The summed E-state index contributed by atoms with van der Waals surface area (Å²) in [7, 11) is 0. The number of anilines is 1. The number of nitro benzene ring substituents is 1. The Kier molecular flexibility index (Phi) is 4.84. The topological polar surface area (TPSA) is 93.5 Å². The van der Waals surface area contributed by atoms with Crippen molar-refractivity contribution in [2.75, 3.05) is 5.32 Å². The summed E-state index contributed by atoms with van der Waals surface area (Å²) in [4.78, 5) is 26.6. The molecule has 21 heavy (non-hydrogen) atoms. The number of nitrogens with one attached hydrogen (secondary N) is 2. The van der Waals surface area contributed by atoms with Crippen molar-refractivity contribution in [1.82, 2.24) is 5.48 Å². The third-order valence-electron chi connectivity index (χ3n) is 2.58. The van der Waals surface area contributed by atoms with Gasteiger partial charge in [-0.2, -0.15) is 0 Å². The molecule has 0 atom stereocenters. The number of urea groups is 1. The molecule has 0 aliphatic carbocycles. The molecule has 108 valence electrons. The van der Waals surface area contributed by atoms with Crippen LogP contribution in [0.25, 0.3) is 0 Å². The third-order valence-corrected chi connectivity index (χ3v) is 2.58. The van der Waals surface area contributed by atoms with E-state index in [4.69, 9.17) is 4.84 Å². The highest BCUT2D eigenvalue weighted by molar-refractivity contribution is 5.88. The zero-order valence-corrected chi connectivity index (χ0v) is 11.0. The van der Waals surface area contributed by atoms with Gasteiger partial charge in [0.05, 0.1) is 11.5 Å². The molecule has 2 N–H and O–H groups in total. The molecule has 2 aromatic rings. The minimum atomic E-state index is -0.556. The normalized spacial score (nSPS) is 9.90. The summed E-state index contributed by atoms with van der Waals surface area (Å²) in [6, 6.07) is 14.3. The molecule has 2 amide bonds. The average molecular weight is 287 g/mol. The van der Waals surface area contributed by atoms with Gasteiger partial charge in [-0.05, 0) is 17.7 Å². The van der Waals surface area contributed by atoms with Crippen molar-refractivity contribution >= 4 is 17.4 Å². The summed E-state index contributed by atoms with van der Waals surface area (Å²) in [5.74, 6) is 0. The van der Waals surface area contributed by atoms with E-state index in [1.165, 1.54) is 24.3 Å². The fraction of sp³-hybridized carbons (Fsp3) is 0.0714. The standard InChI is InChI=1S/C14H13N3O4/c18-14(16-21-10-11-4-2-1-3-5-11)15-12-6-8-13(9-7-12)17(19)20/h1-9H,10H2,(H2,15,16,18). The number of carbonyl (C=O) groups excluding carboxylic acids is 1. The lowest BCUT2D eigenvalue weighted by molar-refractivity contribution is -0.384. The fourth-order valence-corrected chi connectivity index (χ4v) is 1.58. The van der Waals surface area contributed by atoms with Crippen LogP contribution in [-0.4, -0.2) is 11.0 Å². The van der Waals surface area contributed by atoms with E-state index in [9.17, 15) is 14.9 Å². The van der Waals surface area contributed by atoms with Crippen LogP contribution in [0.2, 0.25) is 0 Å². The first kappa shape index (κ1) is 14.5. The molecule has 0 unspecified atom stereocenters. The van der Waals surface area contributed by atoms with Crippen molar-refractivity contribution in [3.63, 3.8) is 0 Å². The summed E-state index contributed by atoms with van der Waals surface area (Å²) >= 11 is 0. The first-order valence-corrected chi connectivity index (χ1v) is 6.12. The van der Waals surface area contributed by atoms with Crippen LogP contribution in [0.4, 0.5) is 16.2 Å². The molecule has 0 bridgehead atoms. The van der Waals surface area contributed by atoms with E-state index in [0.29, 0.717) is 5.69 Å². The number of hydrogen-bond acceptors (Lipinski definition) is 4. The number of amides is 2. The first-order chi connectivity index (χ1) is 10.1. The molecule has 0 fully saturated rings. The van der Waals surface area contributed by atoms with Gasteiger partial charge in [-0.3, -0.25) is 15.0 Å². The maximum Gasteiger partial charge on any atom is 0.343 e. The first-order valence-electron chi connectivity index (χ1n) is 6.12. The van der Waals surface area contributed by atoms with E-state index >= 15 is 0 Å². The number of benzene rings is 2. The van der Waals surface area contributed by atoms with E-state index in [2.05, 4.69) is 10.8 Å². The molecule has 2 rings (SSSR count). The third kappa shape index (κ3) is 4.59. The summed E-state index contributed by atoms with van der Waals surface area (Å²) in [5, 5.41) is 13.0. The second-order valence-electron chi connectivity index (χ2n) is 4.13. The lowest BCUT2D eigenvalue weighted by Gasteiger charge is -2.07. The Morgan fingerprint density at radius 2 is 1.76 bits per heavy atom. The highest BCUT2D eigenvalue weighted by Gasteiger charge is 2.06. The summed E-state index contributed by atoms with van der Waals surface area (Å²) < 4.78 is 0. The Hall–Kier alpha value is -2.93. The molecule has 2 aromatic carbocycles. The largest absolute Gasteiger partial charge is 0.343 e. The minimum absolute atomic E-state index is 0.0405. The van der Waals surface area contributed by atoms with Gasteiger partial charge in [0.1, 0.15) is 0 Å². The van der Waals surface area contributed by atoms with E-state index in [1.54, 1.807) is 0 Å². The van der Waals surface area contributed by atoms with E-state index in [-0.39, 0.29) is 12.3 Å². The molecule has 0 spiro atoms. The molecule has 7 nitrogen and oxygen atoms in total. The zero-order chi connectivity index (χ0) is 15.1. The lowest BCUT2D eigenvalue weighted by Crippen LogP contribution is -2.28. The van der Waals surface area contributed by atoms with Gasteiger partial charge in [-0.1, -0.05) is 30.3 Å². The Morgan fingerprint density at radius 3 is 2.38 bits per heavy atom. The second-order valence-corrected chi connectivity index (χ2v) is 4.13. The van der Waals surface area contributed by atoms with Crippen LogP contribution in [0.15, 0.2) is 54.6 Å². The fourth-order valence-electron chi connectivity index (χ4n) is 1.58. The number of hydroxylamine groups is 1. The molecule has 0 radical (unpaired) electrons. The summed E-state index contributed by atoms with van der Waals surface area (Å²) in [6.07, 6.45) is 0. The highest BCUT2D eigenvalue weighted by Crippen LogP contribution is 2.15. The molecule has 0 saturated heterocycles. The van der Waals surface area contributed by atoms with Crippen molar-refractivity contribution in [1.29, 1.82) is 0 Å². The van der Waals surface area contributed by atoms with Crippen LogP contribution in [0, 0.1) is 10.1 Å². The minimum Gasteiger partial charge on any atom is -0.306 e. The van der Waals surface area contributed by atoms with Gasteiger partial charge in [-0.25, -0.2) is 10.3 Å². The molecule has 0 heterocycles. The SMILES string of the molecule is O=C(NOCc1ccccc1)Nc1ccc([N+](=O)[O-])cc1. The van der Waals surface area contributed by atoms with Gasteiger partial charge >= 0.3 is 6.03 Å². The number of carbonyl (C=O) groups is 1. The Morgan fingerprint density at radius 1 is 1.10 bits per heavy atom. The van der Waals surface area contributed by atoms with Crippen molar-refractivity contribution in [2.24, 2.45) is 0 Å². The van der Waals surface area contributed by atoms with Crippen LogP contribution in [0.3, 0.4) is 0 Å².